The molecule has 1 rings (SSSR count). The molecule has 0 aliphatic carbocycles. The molecule has 0 saturated carbocycles. The molecule has 3 nitrogen and oxygen atoms in total. The standard InChI is InChI=1S/C11H23NO2/c1-4-10(2,3)14-9-11(13)5-7-12-8-6-11/h12-13H,4-9H2,1-3H3. The van der Waals surface area contributed by atoms with Gasteiger partial charge in [0.15, 0.2) is 0 Å². The second-order valence-electron chi connectivity index (χ2n) is 4.88. The van der Waals surface area contributed by atoms with Gasteiger partial charge in [0.25, 0.3) is 0 Å². The molecule has 1 heterocycles. The van der Waals surface area contributed by atoms with Crippen molar-refractivity contribution in [1.29, 1.82) is 0 Å². The molecule has 0 spiro atoms. The Bertz CT molecular complexity index is 174. The van der Waals surface area contributed by atoms with Crippen LogP contribution in [-0.4, -0.2) is 36.0 Å². The number of hydrogen-bond donors (Lipinski definition) is 2. The molecule has 0 aromatic heterocycles. The molecule has 0 bridgehead atoms. The van der Waals surface area contributed by atoms with Gasteiger partial charge in [-0.15, -0.1) is 0 Å². The summed E-state index contributed by atoms with van der Waals surface area (Å²) in [4.78, 5) is 0. The van der Waals surface area contributed by atoms with Crippen LogP contribution in [0.3, 0.4) is 0 Å². The largest absolute Gasteiger partial charge is 0.387 e. The smallest absolute Gasteiger partial charge is 0.0904 e. The number of hydrogen-bond acceptors (Lipinski definition) is 3. The van der Waals surface area contributed by atoms with Crippen molar-refractivity contribution >= 4 is 0 Å². The van der Waals surface area contributed by atoms with Gasteiger partial charge >= 0.3 is 0 Å². The van der Waals surface area contributed by atoms with Crippen molar-refractivity contribution in [3.05, 3.63) is 0 Å². The molecule has 0 atom stereocenters. The van der Waals surface area contributed by atoms with Gasteiger partial charge in [-0.3, -0.25) is 0 Å². The maximum Gasteiger partial charge on any atom is 0.0904 e. The lowest BCUT2D eigenvalue weighted by atomic mass is 9.93. The summed E-state index contributed by atoms with van der Waals surface area (Å²) in [5.74, 6) is 0. The molecule has 0 amide bonds. The van der Waals surface area contributed by atoms with E-state index < -0.39 is 5.60 Å². The Morgan fingerprint density at radius 3 is 2.43 bits per heavy atom. The van der Waals surface area contributed by atoms with Gasteiger partial charge in [-0.25, -0.2) is 0 Å². The SMILES string of the molecule is CCC(C)(C)OCC1(O)CCNCC1. The molecule has 1 saturated heterocycles. The molecule has 0 aromatic carbocycles. The van der Waals surface area contributed by atoms with Gasteiger partial charge < -0.3 is 15.2 Å². The zero-order valence-corrected chi connectivity index (χ0v) is 9.60. The highest BCUT2D eigenvalue weighted by molar-refractivity contribution is 4.85. The van der Waals surface area contributed by atoms with Gasteiger partial charge in [-0.2, -0.15) is 0 Å². The molecule has 14 heavy (non-hydrogen) atoms. The maximum atomic E-state index is 10.2. The second kappa shape index (κ2) is 4.60. The van der Waals surface area contributed by atoms with Crippen LogP contribution in [0.4, 0.5) is 0 Å². The molecule has 1 fully saturated rings. The van der Waals surface area contributed by atoms with Crippen LogP contribution >= 0.6 is 0 Å². The molecule has 84 valence electrons. The van der Waals surface area contributed by atoms with Gasteiger partial charge in [-0.1, -0.05) is 6.92 Å². The Morgan fingerprint density at radius 2 is 1.93 bits per heavy atom. The lowest BCUT2D eigenvalue weighted by Gasteiger charge is -2.35. The van der Waals surface area contributed by atoms with E-state index in [9.17, 15) is 5.11 Å². The Morgan fingerprint density at radius 1 is 1.36 bits per heavy atom. The van der Waals surface area contributed by atoms with Crippen LogP contribution in [0.2, 0.25) is 0 Å². The molecule has 3 heteroatoms. The van der Waals surface area contributed by atoms with Crippen molar-refractivity contribution in [2.24, 2.45) is 0 Å². The van der Waals surface area contributed by atoms with E-state index in [1.165, 1.54) is 0 Å². The Balaban J connectivity index is 2.35. The van der Waals surface area contributed by atoms with Crippen molar-refractivity contribution in [3.8, 4) is 0 Å². The fourth-order valence-corrected chi connectivity index (χ4v) is 1.47. The summed E-state index contributed by atoms with van der Waals surface area (Å²) in [6.07, 6.45) is 2.57. The molecular formula is C11H23NO2. The average molecular weight is 201 g/mol. The van der Waals surface area contributed by atoms with Crippen LogP contribution in [0, 0.1) is 0 Å². The Labute approximate surface area is 86.8 Å². The lowest BCUT2D eigenvalue weighted by Crippen LogP contribution is -2.46. The first kappa shape index (κ1) is 12.0. The number of aliphatic hydroxyl groups is 1. The van der Waals surface area contributed by atoms with Gasteiger partial charge in [0, 0.05) is 0 Å². The minimum Gasteiger partial charge on any atom is -0.387 e. The highest BCUT2D eigenvalue weighted by Gasteiger charge is 2.31. The van der Waals surface area contributed by atoms with Crippen LogP contribution in [-0.2, 0) is 4.74 Å². The molecule has 2 N–H and O–H groups in total. The number of piperidine rings is 1. The summed E-state index contributed by atoms with van der Waals surface area (Å²) in [6, 6.07) is 0. The van der Waals surface area contributed by atoms with Gasteiger partial charge in [0.05, 0.1) is 17.8 Å². The Hall–Kier alpha value is -0.120. The molecule has 0 radical (unpaired) electrons. The number of rotatable bonds is 4. The highest BCUT2D eigenvalue weighted by Crippen LogP contribution is 2.22. The molecule has 0 aromatic rings. The van der Waals surface area contributed by atoms with Crippen molar-refractivity contribution in [2.75, 3.05) is 19.7 Å². The van der Waals surface area contributed by atoms with Gasteiger partial charge in [-0.05, 0) is 46.2 Å². The van der Waals surface area contributed by atoms with Gasteiger partial charge in [0.2, 0.25) is 0 Å². The molecule has 0 unspecified atom stereocenters. The second-order valence-corrected chi connectivity index (χ2v) is 4.88. The predicted molar refractivity (Wildman–Crippen MR) is 57.4 cm³/mol. The first-order chi connectivity index (χ1) is 6.47. The average Bonchev–Trinajstić information content (AvgIpc) is 2.17. The summed E-state index contributed by atoms with van der Waals surface area (Å²) in [6.45, 7) is 8.50. The van der Waals surface area contributed by atoms with Crippen molar-refractivity contribution in [3.63, 3.8) is 0 Å². The fraction of sp³-hybridized carbons (Fsp3) is 1.00. The topological polar surface area (TPSA) is 41.5 Å². The third-order valence-corrected chi connectivity index (χ3v) is 3.12. The number of nitrogens with one attached hydrogen (secondary N) is 1. The van der Waals surface area contributed by atoms with Crippen molar-refractivity contribution in [1.82, 2.24) is 5.32 Å². The van der Waals surface area contributed by atoms with Crippen LogP contribution < -0.4 is 5.32 Å². The van der Waals surface area contributed by atoms with E-state index in [4.69, 9.17) is 4.74 Å². The van der Waals surface area contributed by atoms with Crippen molar-refractivity contribution < 1.29 is 9.84 Å². The quantitative estimate of drug-likeness (QED) is 0.720. The molecular weight excluding hydrogens is 178 g/mol. The normalized spacial score (nSPS) is 22.3. The Kier molecular flexibility index (Phi) is 3.93. The first-order valence-corrected chi connectivity index (χ1v) is 5.54. The summed E-state index contributed by atoms with van der Waals surface area (Å²) in [5, 5.41) is 13.4. The van der Waals surface area contributed by atoms with E-state index in [1.54, 1.807) is 0 Å². The van der Waals surface area contributed by atoms with E-state index in [2.05, 4.69) is 26.1 Å². The maximum absolute atomic E-state index is 10.2. The van der Waals surface area contributed by atoms with E-state index in [0.717, 1.165) is 32.4 Å². The van der Waals surface area contributed by atoms with E-state index in [1.807, 2.05) is 0 Å². The highest BCUT2D eigenvalue weighted by atomic mass is 16.5. The molecule has 1 aliphatic heterocycles. The summed E-state index contributed by atoms with van der Waals surface area (Å²) in [7, 11) is 0. The minimum absolute atomic E-state index is 0.111. The minimum atomic E-state index is -0.600. The molecule has 1 aliphatic rings. The summed E-state index contributed by atoms with van der Waals surface area (Å²) >= 11 is 0. The van der Waals surface area contributed by atoms with E-state index in [-0.39, 0.29) is 5.60 Å². The van der Waals surface area contributed by atoms with E-state index in [0.29, 0.717) is 6.61 Å². The zero-order chi connectivity index (χ0) is 10.7. The number of ether oxygens (including phenoxy) is 1. The third kappa shape index (κ3) is 3.56. The van der Waals surface area contributed by atoms with Crippen LogP contribution in [0.1, 0.15) is 40.0 Å². The lowest BCUT2D eigenvalue weighted by molar-refractivity contribution is -0.117. The summed E-state index contributed by atoms with van der Waals surface area (Å²) < 4.78 is 5.74. The van der Waals surface area contributed by atoms with E-state index >= 15 is 0 Å². The monoisotopic (exact) mass is 201 g/mol. The summed E-state index contributed by atoms with van der Waals surface area (Å²) in [5.41, 5.74) is -0.710. The van der Waals surface area contributed by atoms with Crippen LogP contribution in [0.15, 0.2) is 0 Å². The third-order valence-electron chi connectivity index (χ3n) is 3.12. The van der Waals surface area contributed by atoms with Gasteiger partial charge in [0.1, 0.15) is 0 Å². The van der Waals surface area contributed by atoms with Crippen molar-refractivity contribution in [2.45, 2.75) is 51.2 Å². The first-order valence-electron chi connectivity index (χ1n) is 5.54. The zero-order valence-electron chi connectivity index (χ0n) is 9.60. The van der Waals surface area contributed by atoms with Crippen LogP contribution in [0.25, 0.3) is 0 Å². The fourth-order valence-electron chi connectivity index (χ4n) is 1.47. The predicted octanol–water partition coefficient (Wildman–Crippen LogP) is 1.31. The van der Waals surface area contributed by atoms with Crippen LogP contribution in [0.5, 0.6) is 0 Å².